The smallest absolute Gasteiger partial charge is 0.226 e. The van der Waals surface area contributed by atoms with Crippen molar-refractivity contribution >= 4 is 5.91 Å². The second-order valence-electron chi connectivity index (χ2n) is 6.98. The molecule has 18 heavy (non-hydrogen) atoms. The van der Waals surface area contributed by atoms with Crippen LogP contribution in [0.15, 0.2) is 0 Å². The molecule has 3 nitrogen and oxygen atoms in total. The molecule has 2 aliphatic rings. The molecule has 3 heteroatoms. The van der Waals surface area contributed by atoms with Crippen LogP contribution in [-0.2, 0) is 4.79 Å². The number of amides is 1. The van der Waals surface area contributed by atoms with Gasteiger partial charge in [0.1, 0.15) is 0 Å². The predicted molar refractivity (Wildman–Crippen MR) is 74.1 cm³/mol. The number of nitrogens with two attached hydrogens (primary N) is 1. The molecule has 0 aromatic rings. The average Bonchev–Trinajstić information content (AvgIpc) is 2.68. The zero-order chi connectivity index (χ0) is 13.3. The van der Waals surface area contributed by atoms with E-state index in [0.717, 1.165) is 25.8 Å². The molecule has 1 saturated carbocycles. The van der Waals surface area contributed by atoms with E-state index in [-0.39, 0.29) is 17.4 Å². The molecule has 1 saturated heterocycles. The lowest BCUT2D eigenvalue weighted by Crippen LogP contribution is -2.52. The van der Waals surface area contributed by atoms with Crippen molar-refractivity contribution in [1.82, 2.24) is 4.90 Å². The van der Waals surface area contributed by atoms with E-state index in [4.69, 9.17) is 5.73 Å². The van der Waals surface area contributed by atoms with Gasteiger partial charge in [-0.25, -0.2) is 0 Å². The Kier molecular flexibility index (Phi) is 4.00. The van der Waals surface area contributed by atoms with Crippen LogP contribution in [-0.4, -0.2) is 29.9 Å². The number of rotatable bonds is 2. The number of piperidine rings is 1. The second-order valence-corrected chi connectivity index (χ2v) is 6.98. The third-order valence-electron chi connectivity index (χ3n) is 5.09. The quantitative estimate of drug-likeness (QED) is 0.820. The summed E-state index contributed by atoms with van der Waals surface area (Å²) in [7, 11) is 0. The van der Waals surface area contributed by atoms with E-state index in [9.17, 15) is 4.79 Å². The van der Waals surface area contributed by atoms with Crippen molar-refractivity contribution in [2.24, 2.45) is 23.0 Å². The Morgan fingerprint density at radius 2 is 2.11 bits per heavy atom. The first-order valence-corrected chi connectivity index (χ1v) is 7.46. The zero-order valence-corrected chi connectivity index (χ0v) is 12.1. The number of nitrogens with zero attached hydrogens (tertiary/aromatic N) is 1. The Balaban J connectivity index is 2.08. The van der Waals surface area contributed by atoms with Crippen LogP contribution in [0, 0.1) is 17.3 Å². The molecular formula is C15H28N2O. The summed E-state index contributed by atoms with van der Waals surface area (Å²) in [6.07, 6.45) is 5.65. The molecule has 0 aromatic carbocycles. The van der Waals surface area contributed by atoms with E-state index >= 15 is 0 Å². The highest BCUT2D eigenvalue weighted by Gasteiger charge is 2.43. The Morgan fingerprint density at radius 1 is 1.39 bits per heavy atom. The van der Waals surface area contributed by atoms with Crippen molar-refractivity contribution in [2.45, 2.75) is 58.9 Å². The molecule has 3 atom stereocenters. The van der Waals surface area contributed by atoms with Crippen molar-refractivity contribution < 1.29 is 4.79 Å². The minimum Gasteiger partial charge on any atom is -0.338 e. The van der Waals surface area contributed by atoms with E-state index in [2.05, 4.69) is 25.7 Å². The third kappa shape index (κ3) is 2.56. The zero-order valence-electron chi connectivity index (χ0n) is 12.1. The summed E-state index contributed by atoms with van der Waals surface area (Å²) in [6.45, 7) is 8.28. The number of carbonyl (C=O) groups is 1. The minimum absolute atomic E-state index is 0.180. The number of hydrogen-bond donors (Lipinski definition) is 1. The van der Waals surface area contributed by atoms with E-state index in [1.807, 2.05) is 0 Å². The van der Waals surface area contributed by atoms with Gasteiger partial charge in [-0.3, -0.25) is 4.79 Å². The molecule has 2 fully saturated rings. The van der Waals surface area contributed by atoms with Crippen LogP contribution in [0.1, 0.15) is 52.9 Å². The summed E-state index contributed by atoms with van der Waals surface area (Å²) in [5.74, 6) is 1.30. The van der Waals surface area contributed by atoms with Crippen molar-refractivity contribution in [3.63, 3.8) is 0 Å². The number of likely N-dealkylation sites (tertiary alicyclic amines) is 1. The lowest BCUT2D eigenvalue weighted by molar-refractivity contribution is -0.142. The summed E-state index contributed by atoms with van der Waals surface area (Å²) in [4.78, 5) is 14.9. The molecule has 0 radical (unpaired) electrons. The van der Waals surface area contributed by atoms with Gasteiger partial charge in [-0.2, -0.15) is 0 Å². The molecule has 104 valence electrons. The molecule has 1 aliphatic carbocycles. The van der Waals surface area contributed by atoms with Crippen LogP contribution in [0.4, 0.5) is 0 Å². The van der Waals surface area contributed by atoms with Gasteiger partial charge in [-0.1, -0.05) is 27.2 Å². The maximum Gasteiger partial charge on any atom is 0.226 e. The highest BCUT2D eigenvalue weighted by atomic mass is 16.2. The fourth-order valence-electron chi connectivity index (χ4n) is 3.75. The molecule has 0 aromatic heterocycles. The first-order chi connectivity index (χ1) is 8.45. The molecule has 1 heterocycles. The highest BCUT2D eigenvalue weighted by Crippen LogP contribution is 2.44. The molecule has 1 aliphatic heterocycles. The Labute approximate surface area is 111 Å². The van der Waals surface area contributed by atoms with Crippen LogP contribution >= 0.6 is 0 Å². The monoisotopic (exact) mass is 252 g/mol. The summed E-state index contributed by atoms with van der Waals surface area (Å²) in [6, 6.07) is 0.276. The topological polar surface area (TPSA) is 46.3 Å². The van der Waals surface area contributed by atoms with E-state index in [0.29, 0.717) is 18.4 Å². The van der Waals surface area contributed by atoms with Gasteiger partial charge in [-0.15, -0.1) is 0 Å². The fourth-order valence-corrected chi connectivity index (χ4v) is 3.75. The van der Waals surface area contributed by atoms with Crippen molar-refractivity contribution in [3.8, 4) is 0 Å². The van der Waals surface area contributed by atoms with Gasteiger partial charge in [0.15, 0.2) is 0 Å². The summed E-state index contributed by atoms with van der Waals surface area (Å²) < 4.78 is 0. The van der Waals surface area contributed by atoms with Crippen LogP contribution in [0.3, 0.4) is 0 Å². The fraction of sp³-hybridized carbons (Fsp3) is 0.933. The minimum atomic E-state index is 0.180. The van der Waals surface area contributed by atoms with Gasteiger partial charge >= 0.3 is 0 Å². The molecule has 1 amide bonds. The van der Waals surface area contributed by atoms with Gasteiger partial charge < -0.3 is 10.6 Å². The highest BCUT2D eigenvalue weighted by molar-refractivity contribution is 5.80. The lowest BCUT2D eigenvalue weighted by atomic mass is 9.80. The number of carbonyl (C=O) groups excluding carboxylic acids is 1. The van der Waals surface area contributed by atoms with Crippen molar-refractivity contribution in [2.75, 3.05) is 13.1 Å². The Hall–Kier alpha value is -0.570. The maximum absolute atomic E-state index is 12.8. The van der Waals surface area contributed by atoms with Crippen LogP contribution in [0.25, 0.3) is 0 Å². The Bertz CT molecular complexity index is 314. The molecule has 0 spiro atoms. The SMILES string of the molecule is CC1CCN(C(=O)C2CCCC2(C)C)C(CN)C1. The van der Waals surface area contributed by atoms with Gasteiger partial charge in [0.25, 0.3) is 0 Å². The first kappa shape index (κ1) is 13.9. The third-order valence-corrected chi connectivity index (χ3v) is 5.09. The standard InChI is InChI=1S/C15H28N2O/c1-11-6-8-17(12(9-11)10-16)14(18)13-5-4-7-15(13,2)3/h11-13H,4-10,16H2,1-3H3. The number of hydrogen-bond acceptors (Lipinski definition) is 2. The van der Waals surface area contributed by atoms with Crippen LogP contribution in [0.5, 0.6) is 0 Å². The summed E-state index contributed by atoms with van der Waals surface area (Å²) >= 11 is 0. The molecule has 2 N–H and O–H groups in total. The average molecular weight is 252 g/mol. The van der Waals surface area contributed by atoms with E-state index in [1.165, 1.54) is 12.8 Å². The van der Waals surface area contributed by atoms with Crippen molar-refractivity contribution in [1.29, 1.82) is 0 Å². The van der Waals surface area contributed by atoms with Gasteiger partial charge in [0.2, 0.25) is 5.91 Å². The van der Waals surface area contributed by atoms with Crippen LogP contribution in [0.2, 0.25) is 0 Å². The first-order valence-electron chi connectivity index (χ1n) is 7.46. The van der Waals surface area contributed by atoms with Gasteiger partial charge in [-0.05, 0) is 37.0 Å². The van der Waals surface area contributed by atoms with Crippen LogP contribution < -0.4 is 5.73 Å². The van der Waals surface area contributed by atoms with E-state index < -0.39 is 0 Å². The second kappa shape index (κ2) is 5.20. The van der Waals surface area contributed by atoms with E-state index in [1.54, 1.807) is 0 Å². The normalized spacial score (nSPS) is 35.8. The molecule has 3 unspecified atom stereocenters. The Morgan fingerprint density at radius 3 is 2.67 bits per heavy atom. The molecule has 2 rings (SSSR count). The van der Waals surface area contributed by atoms with Gasteiger partial charge in [0.05, 0.1) is 0 Å². The molecular weight excluding hydrogens is 224 g/mol. The maximum atomic E-state index is 12.8. The lowest BCUT2D eigenvalue weighted by Gasteiger charge is -2.41. The predicted octanol–water partition coefficient (Wildman–Crippen LogP) is 2.40. The largest absolute Gasteiger partial charge is 0.338 e. The van der Waals surface area contributed by atoms with Gasteiger partial charge in [0, 0.05) is 25.0 Å². The van der Waals surface area contributed by atoms with Crippen molar-refractivity contribution in [3.05, 3.63) is 0 Å². The summed E-state index contributed by atoms with van der Waals surface area (Å²) in [5.41, 5.74) is 6.05. The summed E-state index contributed by atoms with van der Waals surface area (Å²) in [5, 5.41) is 0. The molecule has 0 bridgehead atoms.